The second-order valence-corrected chi connectivity index (χ2v) is 11.7. The van der Waals surface area contributed by atoms with Crippen LogP contribution in [0.5, 0.6) is 5.75 Å². The van der Waals surface area contributed by atoms with Crippen molar-refractivity contribution in [2.24, 2.45) is 0 Å². The number of hydrogen-bond donors (Lipinski definition) is 4. The number of aromatic nitrogens is 2. The van der Waals surface area contributed by atoms with E-state index >= 15 is 0 Å². The number of para-hydroxylation sites is 2. The third kappa shape index (κ3) is 8.31. The van der Waals surface area contributed by atoms with E-state index in [-0.39, 0.29) is 30.1 Å². The van der Waals surface area contributed by atoms with Crippen molar-refractivity contribution in [3.63, 3.8) is 0 Å². The number of anilines is 6. The lowest BCUT2D eigenvalue weighted by Crippen LogP contribution is -2.53. The number of amides is 1. The maximum absolute atomic E-state index is 12.4. The van der Waals surface area contributed by atoms with Crippen LogP contribution in [-0.4, -0.2) is 95.3 Å². The molecule has 2 aliphatic heterocycles. The number of piperidine rings is 1. The fourth-order valence-corrected chi connectivity index (χ4v) is 5.90. The molecule has 2 fully saturated rings. The summed E-state index contributed by atoms with van der Waals surface area (Å²) in [7, 11) is 0. The molecular weight excluding hydrogens is 582 g/mol. The number of nitriles is 1. The molecule has 0 unspecified atom stereocenters. The van der Waals surface area contributed by atoms with Crippen molar-refractivity contribution in [2.45, 2.75) is 38.8 Å². The summed E-state index contributed by atoms with van der Waals surface area (Å²) in [6, 6.07) is 16.1. The van der Waals surface area contributed by atoms with E-state index in [0.29, 0.717) is 34.7 Å². The molecule has 0 saturated carbocycles. The minimum absolute atomic E-state index is 0.0291. The number of nitrogens with zero attached hydrogens (tertiary/aromatic N) is 6. The fraction of sp³-hybridized carbons (Fsp3) is 0.412. The summed E-state index contributed by atoms with van der Waals surface area (Å²) in [5, 5.41) is 28.3. The van der Waals surface area contributed by atoms with E-state index in [1.165, 1.54) is 12.3 Å². The second-order valence-electron chi connectivity index (χ2n) is 11.7. The molecule has 3 heterocycles. The number of piperazine rings is 1. The van der Waals surface area contributed by atoms with E-state index in [4.69, 9.17) is 4.74 Å². The number of β-amino-alcohol motifs (C(OH)–C–C–N with tert-alkyl or cyclic N) is 1. The summed E-state index contributed by atoms with van der Waals surface area (Å²) < 4.78 is 5.92. The van der Waals surface area contributed by atoms with E-state index in [1.54, 1.807) is 0 Å². The van der Waals surface area contributed by atoms with Crippen molar-refractivity contribution in [1.82, 2.24) is 19.8 Å². The van der Waals surface area contributed by atoms with Gasteiger partial charge in [0.1, 0.15) is 17.4 Å². The third-order valence-electron chi connectivity index (χ3n) is 8.27. The average molecular weight is 626 g/mol. The van der Waals surface area contributed by atoms with Gasteiger partial charge in [0.15, 0.2) is 5.82 Å². The van der Waals surface area contributed by atoms with Gasteiger partial charge in [0.25, 0.3) is 0 Å². The summed E-state index contributed by atoms with van der Waals surface area (Å²) in [4.78, 5) is 28.6. The molecule has 0 atom stereocenters. The van der Waals surface area contributed by atoms with Gasteiger partial charge >= 0.3 is 0 Å². The molecule has 2 aliphatic rings. The number of aliphatic hydroxyl groups is 1. The summed E-state index contributed by atoms with van der Waals surface area (Å²) in [5.41, 5.74) is 3.14. The predicted octanol–water partition coefficient (Wildman–Crippen LogP) is 4.33. The smallest absolute Gasteiger partial charge is 0.247 e. The molecule has 1 amide bonds. The first-order valence-corrected chi connectivity index (χ1v) is 15.8. The van der Waals surface area contributed by atoms with Gasteiger partial charge in [-0.1, -0.05) is 18.7 Å². The fourth-order valence-electron chi connectivity index (χ4n) is 5.90. The maximum atomic E-state index is 12.4. The van der Waals surface area contributed by atoms with Gasteiger partial charge in [-0.25, -0.2) is 4.98 Å². The predicted molar refractivity (Wildman–Crippen MR) is 181 cm³/mol. The molecule has 0 spiro atoms. The largest absolute Gasteiger partial charge is 0.489 e. The van der Waals surface area contributed by atoms with Crippen LogP contribution in [0.15, 0.2) is 61.3 Å². The molecule has 12 heteroatoms. The maximum Gasteiger partial charge on any atom is 0.247 e. The van der Waals surface area contributed by atoms with Crippen LogP contribution in [0, 0.1) is 11.3 Å². The van der Waals surface area contributed by atoms with E-state index < -0.39 is 0 Å². The SMILES string of the molecule is C=CC(=O)Nc1cc(N2CCC(N3CCN(CCO)CC3)CC2)ccc1Nc1ncc(C#N)c(Nc2ccccc2OC(C)C)n1. The Bertz CT molecular complexity index is 1540. The molecule has 0 radical (unpaired) electrons. The second kappa shape index (κ2) is 15.5. The Morgan fingerprint density at radius 3 is 2.54 bits per heavy atom. The summed E-state index contributed by atoms with van der Waals surface area (Å²) in [5.74, 6) is 0.893. The highest BCUT2D eigenvalue weighted by atomic mass is 16.5. The van der Waals surface area contributed by atoms with Gasteiger partial charge in [0, 0.05) is 57.5 Å². The highest BCUT2D eigenvalue weighted by molar-refractivity contribution is 6.02. The van der Waals surface area contributed by atoms with Gasteiger partial charge in [0.2, 0.25) is 11.9 Å². The molecule has 0 bridgehead atoms. The molecule has 2 aromatic carbocycles. The molecule has 12 nitrogen and oxygen atoms in total. The number of ether oxygens (including phenoxy) is 1. The number of carbonyl (C=O) groups is 1. The van der Waals surface area contributed by atoms with Gasteiger partial charge < -0.3 is 30.7 Å². The van der Waals surface area contributed by atoms with Crippen LogP contribution in [0.2, 0.25) is 0 Å². The van der Waals surface area contributed by atoms with E-state index in [2.05, 4.69) is 53.3 Å². The highest BCUT2D eigenvalue weighted by Crippen LogP contribution is 2.33. The Balaban J connectivity index is 1.30. The van der Waals surface area contributed by atoms with Gasteiger partial charge in [-0.15, -0.1) is 0 Å². The van der Waals surface area contributed by atoms with E-state index in [1.807, 2.05) is 56.3 Å². The van der Waals surface area contributed by atoms with E-state index in [0.717, 1.165) is 64.3 Å². The van der Waals surface area contributed by atoms with Crippen molar-refractivity contribution in [1.29, 1.82) is 5.26 Å². The Morgan fingerprint density at radius 1 is 1.09 bits per heavy atom. The molecule has 242 valence electrons. The summed E-state index contributed by atoms with van der Waals surface area (Å²) >= 11 is 0. The van der Waals surface area contributed by atoms with E-state index in [9.17, 15) is 15.2 Å². The minimum Gasteiger partial charge on any atom is -0.489 e. The first-order chi connectivity index (χ1) is 22.4. The van der Waals surface area contributed by atoms with Crippen molar-refractivity contribution in [3.05, 3.63) is 66.9 Å². The van der Waals surface area contributed by atoms with Gasteiger partial charge in [-0.2, -0.15) is 10.2 Å². The van der Waals surface area contributed by atoms with Crippen LogP contribution < -0.4 is 25.6 Å². The topological polar surface area (TPSA) is 142 Å². The quantitative estimate of drug-likeness (QED) is 0.214. The van der Waals surface area contributed by atoms with Crippen molar-refractivity contribution in [3.8, 4) is 11.8 Å². The zero-order valence-electron chi connectivity index (χ0n) is 26.6. The van der Waals surface area contributed by atoms with Crippen LogP contribution >= 0.6 is 0 Å². The molecule has 46 heavy (non-hydrogen) atoms. The number of nitrogens with one attached hydrogen (secondary N) is 3. The number of carbonyl (C=O) groups excluding carboxylic acids is 1. The molecule has 5 rings (SSSR count). The monoisotopic (exact) mass is 625 g/mol. The highest BCUT2D eigenvalue weighted by Gasteiger charge is 2.28. The summed E-state index contributed by atoms with van der Waals surface area (Å²) in [6.07, 6.45) is 4.79. The summed E-state index contributed by atoms with van der Waals surface area (Å²) in [6.45, 7) is 14.4. The van der Waals surface area contributed by atoms with Crippen LogP contribution in [-0.2, 0) is 4.79 Å². The molecule has 1 aromatic heterocycles. The lowest BCUT2D eigenvalue weighted by molar-refractivity contribution is -0.111. The normalized spacial score (nSPS) is 16.1. The molecule has 4 N–H and O–H groups in total. The Labute approximate surface area is 270 Å². The number of benzene rings is 2. The Hall–Kier alpha value is -4.70. The lowest BCUT2D eigenvalue weighted by atomic mass is 10.0. The van der Waals surface area contributed by atoms with Crippen LogP contribution in [0.4, 0.5) is 34.5 Å². The Morgan fingerprint density at radius 2 is 1.85 bits per heavy atom. The van der Waals surface area contributed by atoms with Crippen LogP contribution in [0.3, 0.4) is 0 Å². The average Bonchev–Trinajstić information content (AvgIpc) is 3.07. The van der Waals surface area contributed by atoms with Crippen LogP contribution in [0.25, 0.3) is 0 Å². The first-order valence-electron chi connectivity index (χ1n) is 15.8. The zero-order valence-corrected chi connectivity index (χ0v) is 26.6. The molecule has 3 aromatic rings. The van der Waals surface area contributed by atoms with Crippen molar-refractivity contribution in [2.75, 3.05) is 73.3 Å². The van der Waals surface area contributed by atoms with Crippen molar-refractivity contribution >= 4 is 40.4 Å². The minimum atomic E-state index is -0.330. The van der Waals surface area contributed by atoms with Gasteiger partial charge in [-0.05, 0) is 63.1 Å². The molecule has 0 aliphatic carbocycles. The van der Waals surface area contributed by atoms with Crippen molar-refractivity contribution < 1.29 is 14.6 Å². The zero-order chi connectivity index (χ0) is 32.5. The molecule has 2 saturated heterocycles. The molecular formula is C34H43N9O3. The Kier molecular flexibility index (Phi) is 11.0. The van der Waals surface area contributed by atoms with Gasteiger partial charge in [0.05, 0.1) is 36.0 Å². The first kappa shape index (κ1) is 32.7. The van der Waals surface area contributed by atoms with Gasteiger partial charge in [-0.3, -0.25) is 14.6 Å². The number of hydrogen-bond acceptors (Lipinski definition) is 11. The number of rotatable bonds is 12. The lowest BCUT2D eigenvalue weighted by Gasteiger charge is -2.43. The standard InChI is InChI=1S/C34H43N9O3/c1-4-32(45)37-30-21-27(42-13-11-26(12-14-42)43-17-15-41(16-18-43)19-20-44)9-10-28(30)39-34-36-23-25(22-35)33(40-34)38-29-7-5-6-8-31(29)46-24(2)3/h4-10,21,23-24,26,44H,1,11-20H2,2-3H3,(H,37,45)(H2,36,38,39,40). The van der Waals surface area contributed by atoms with Crippen LogP contribution in [0.1, 0.15) is 32.3 Å². The third-order valence-corrected chi connectivity index (χ3v) is 8.27. The number of aliphatic hydroxyl groups excluding tert-OH is 1.